The highest BCUT2D eigenvalue weighted by Crippen LogP contribution is 2.33. The Hall–Kier alpha value is -2.60. The molecule has 1 saturated heterocycles. The van der Waals surface area contributed by atoms with Crippen LogP contribution in [0.5, 0.6) is 5.75 Å². The first-order valence-electron chi connectivity index (χ1n) is 9.30. The Labute approximate surface area is 173 Å². The molecule has 1 N–H and O–H groups in total. The molecule has 0 spiro atoms. The molecule has 0 unspecified atom stereocenters. The van der Waals surface area contributed by atoms with Crippen molar-refractivity contribution in [2.24, 2.45) is 0 Å². The molecule has 6 heteroatoms. The molecular weight excluding hydrogens is 420 g/mol. The summed E-state index contributed by atoms with van der Waals surface area (Å²) in [5, 5.41) is 2.83. The average molecular weight is 443 g/mol. The number of carbonyl (C=O) groups excluding carboxylic acids is 2. The molecule has 0 radical (unpaired) electrons. The van der Waals surface area contributed by atoms with Crippen LogP contribution in [0.2, 0.25) is 0 Å². The summed E-state index contributed by atoms with van der Waals surface area (Å²) in [7, 11) is 1.58. The third-order valence-corrected chi connectivity index (χ3v) is 5.52. The second kappa shape index (κ2) is 9.55. The Morgan fingerprint density at radius 3 is 2.29 bits per heavy atom. The molecule has 1 fully saturated rings. The first-order valence-corrected chi connectivity index (χ1v) is 10.1. The van der Waals surface area contributed by atoms with Gasteiger partial charge in [0, 0.05) is 24.2 Å². The van der Waals surface area contributed by atoms with Gasteiger partial charge in [-0.3, -0.25) is 9.59 Å². The summed E-state index contributed by atoms with van der Waals surface area (Å²) < 4.78 is 5.93. The Morgan fingerprint density at radius 2 is 1.61 bits per heavy atom. The number of hydrogen-bond acceptors (Lipinski definition) is 3. The maximum Gasteiger partial charge on any atom is 0.271 e. The van der Waals surface area contributed by atoms with Crippen LogP contribution in [0.25, 0.3) is 4.48 Å². The van der Waals surface area contributed by atoms with E-state index in [4.69, 9.17) is 4.74 Å². The summed E-state index contributed by atoms with van der Waals surface area (Å²) in [6.07, 6.45) is 3.06. The van der Waals surface area contributed by atoms with E-state index in [9.17, 15) is 9.59 Å². The second-order valence-corrected chi connectivity index (χ2v) is 7.36. The van der Waals surface area contributed by atoms with Crippen LogP contribution in [0.1, 0.15) is 35.2 Å². The van der Waals surface area contributed by atoms with Gasteiger partial charge in [-0.15, -0.1) is 0 Å². The minimum absolute atomic E-state index is 0.193. The number of para-hydroxylation sites is 1. The van der Waals surface area contributed by atoms with E-state index in [-0.39, 0.29) is 17.5 Å². The van der Waals surface area contributed by atoms with E-state index >= 15 is 0 Å². The standard InChI is InChI=1S/C22H23BrN2O3/c1-28-18-13-7-6-12-17(18)19(23)20(22(27)25-14-8-3-9-15-25)24-21(26)16-10-4-2-5-11-16/h2,4-7,10-13H,3,8-9,14-15H2,1H3,(H,24,26)/b20-19+. The normalized spacial score (nSPS) is 14.9. The lowest BCUT2D eigenvalue weighted by molar-refractivity contribution is -0.128. The Kier molecular flexibility index (Phi) is 6.87. The number of methoxy groups -OCH3 is 1. The molecule has 0 saturated carbocycles. The van der Waals surface area contributed by atoms with Crippen LogP contribution in [0, 0.1) is 0 Å². The van der Waals surface area contributed by atoms with Gasteiger partial charge in [-0.25, -0.2) is 0 Å². The summed E-state index contributed by atoms with van der Waals surface area (Å²) in [5.41, 5.74) is 1.42. The molecule has 1 aliphatic rings. The fraction of sp³-hybridized carbons (Fsp3) is 0.273. The molecule has 0 aliphatic carbocycles. The molecule has 28 heavy (non-hydrogen) atoms. The number of halogens is 1. The highest BCUT2D eigenvalue weighted by Gasteiger charge is 2.26. The predicted molar refractivity (Wildman–Crippen MR) is 113 cm³/mol. The Balaban J connectivity index is 2.00. The molecule has 1 aliphatic heterocycles. The van der Waals surface area contributed by atoms with E-state index in [1.54, 1.807) is 36.3 Å². The van der Waals surface area contributed by atoms with Crippen molar-refractivity contribution in [3.8, 4) is 5.75 Å². The first-order chi connectivity index (χ1) is 13.6. The zero-order valence-electron chi connectivity index (χ0n) is 15.8. The summed E-state index contributed by atoms with van der Waals surface area (Å²) in [6.45, 7) is 1.38. The van der Waals surface area contributed by atoms with Gasteiger partial charge < -0.3 is 15.0 Å². The molecule has 5 nitrogen and oxygen atoms in total. The van der Waals surface area contributed by atoms with Gasteiger partial charge in [-0.2, -0.15) is 0 Å². The van der Waals surface area contributed by atoms with Crippen molar-refractivity contribution in [3.05, 3.63) is 71.4 Å². The van der Waals surface area contributed by atoms with Gasteiger partial charge in [-0.1, -0.05) is 36.4 Å². The van der Waals surface area contributed by atoms with Crippen LogP contribution in [0.15, 0.2) is 60.3 Å². The molecule has 0 bridgehead atoms. The van der Waals surface area contributed by atoms with Crippen LogP contribution in [-0.2, 0) is 4.79 Å². The lowest BCUT2D eigenvalue weighted by atomic mass is 10.1. The van der Waals surface area contributed by atoms with Gasteiger partial charge in [-0.05, 0) is 53.4 Å². The van der Waals surface area contributed by atoms with Gasteiger partial charge >= 0.3 is 0 Å². The van der Waals surface area contributed by atoms with Crippen LogP contribution in [0.3, 0.4) is 0 Å². The number of hydrogen-bond donors (Lipinski definition) is 1. The van der Waals surface area contributed by atoms with Crippen molar-refractivity contribution in [3.63, 3.8) is 0 Å². The fourth-order valence-corrected chi connectivity index (χ4v) is 3.79. The quantitative estimate of drug-likeness (QED) is 0.705. The number of likely N-dealkylation sites (tertiary alicyclic amines) is 1. The highest BCUT2D eigenvalue weighted by atomic mass is 79.9. The van der Waals surface area contributed by atoms with Crippen molar-refractivity contribution < 1.29 is 14.3 Å². The number of nitrogens with one attached hydrogen (secondary N) is 1. The van der Waals surface area contributed by atoms with Crippen LogP contribution in [-0.4, -0.2) is 36.9 Å². The van der Waals surface area contributed by atoms with Gasteiger partial charge in [0.05, 0.1) is 11.6 Å². The zero-order valence-corrected chi connectivity index (χ0v) is 17.4. The fourth-order valence-electron chi connectivity index (χ4n) is 3.19. The average Bonchev–Trinajstić information content (AvgIpc) is 2.77. The molecule has 0 atom stereocenters. The number of amides is 2. The van der Waals surface area contributed by atoms with E-state index in [2.05, 4.69) is 21.2 Å². The lowest BCUT2D eigenvalue weighted by Gasteiger charge is -2.28. The molecule has 2 aromatic carbocycles. The van der Waals surface area contributed by atoms with Crippen molar-refractivity contribution in [2.45, 2.75) is 19.3 Å². The molecule has 146 valence electrons. The monoisotopic (exact) mass is 442 g/mol. The maximum atomic E-state index is 13.3. The SMILES string of the molecule is COc1ccccc1/C(Br)=C(\NC(=O)c1ccccc1)C(=O)N1CCCCC1. The van der Waals surface area contributed by atoms with Gasteiger partial charge in [0.25, 0.3) is 11.8 Å². The number of benzene rings is 2. The summed E-state index contributed by atoms with van der Waals surface area (Å²) in [5.74, 6) is 0.0989. The number of rotatable bonds is 5. The summed E-state index contributed by atoms with van der Waals surface area (Å²) >= 11 is 3.55. The number of nitrogens with zero attached hydrogens (tertiary/aromatic N) is 1. The number of ether oxygens (including phenoxy) is 1. The van der Waals surface area contributed by atoms with Crippen LogP contribution in [0.4, 0.5) is 0 Å². The van der Waals surface area contributed by atoms with Gasteiger partial charge in [0.15, 0.2) is 0 Å². The molecule has 2 amide bonds. The molecule has 0 aromatic heterocycles. The van der Waals surface area contributed by atoms with E-state index < -0.39 is 0 Å². The van der Waals surface area contributed by atoms with Crippen molar-refractivity contribution in [1.82, 2.24) is 10.2 Å². The van der Waals surface area contributed by atoms with Crippen LogP contribution >= 0.6 is 15.9 Å². The second-order valence-electron chi connectivity index (χ2n) is 6.56. The smallest absolute Gasteiger partial charge is 0.271 e. The Morgan fingerprint density at radius 1 is 0.964 bits per heavy atom. The summed E-state index contributed by atoms with van der Waals surface area (Å²) in [4.78, 5) is 27.8. The molecule has 3 rings (SSSR count). The summed E-state index contributed by atoms with van der Waals surface area (Å²) in [6, 6.07) is 16.2. The molecule has 1 heterocycles. The van der Waals surface area contributed by atoms with Crippen LogP contribution < -0.4 is 10.1 Å². The van der Waals surface area contributed by atoms with E-state index in [0.29, 0.717) is 34.4 Å². The molecular formula is C22H23BrN2O3. The minimum atomic E-state index is -0.326. The first kappa shape index (κ1) is 20.1. The third kappa shape index (κ3) is 4.62. The third-order valence-electron chi connectivity index (χ3n) is 4.69. The maximum absolute atomic E-state index is 13.3. The van der Waals surface area contributed by atoms with Crippen molar-refractivity contribution >= 4 is 32.2 Å². The van der Waals surface area contributed by atoms with Crippen molar-refractivity contribution in [1.29, 1.82) is 0 Å². The van der Waals surface area contributed by atoms with Gasteiger partial charge in [0.2, 0.25) is 0 Å². The van der Waals surface area contributed by atoms with Gasteiger partial charge in [0.1, 0.15) is 11.4 Å². The van der Waals surface area contributed by atoms with Crippen molar-refractivity contribution in [2.75, 3.05) is 20.2 Å². The zero-order chi connectivity index (χ0) is 19.9. The molecule has 2 aromatic rings. The Bertz CT molecular complexity index is 874. The minimum Gasteiger partial charge on any atom is -0.496 e. The number of piperidine rings is 1. The number of carbonyl (C=O) groups is 2. The van der Waals surface area contributed by atoms with E-state index in [0.717, 1.165) is 19.3 Å². The highest BCUT2D eigenvalue weighted by molar-refractivity contribution is 9.15. The lowest BCUT2D eigenvalue weighted by Crippen LogP contribution is -2.41. The van der Waals surface area contributed by atoms with E-state index in [1.165, 1.54) is 0 Å². The predicted octanol–water partition coefficient (Wildman–Crippen LogP) is 4.20. The topological polar surface area (TPSA) is 58.6 Å². The van der Waals surface area contributed by atoms with E-state index in [1.807, 2.05) is 30.3 Å². The largest absolute Gasteiger partial charge is 0.496 e.